The molecule has 0 nitrogen and oxygen atoms in total. The fraction of sp³-hybridized carbons (Fsp3) is 0.0794. The molecule has 0 heterocycles. The lowest BCUT2D eigenvalue weighted by atomic mass is 9.70. The van der Waals surface area contributed by atoms with Gasteiger partial charge in [-0.25, -0.2) is 0 Å². The molecule has 0 aromatic heterocycles. The normalized spacial score (nSPS) is 17.4. The van der Waals surface area contributed by atoms with Crippen molar-refractivity contribution in [1.29, 1.82) is 0 Å². The molecule has 0 aliphatic heterocycles. The molecule has 10 aromatic rings. The molecule has 63 heavy (non-hydrogen) atoms. The fourth-order valence-electron chi connectivity index (χ4n) is 12.6. The number of rotatable bonds is 3. The molecule has 0 heteroatoms. The highest BCUT2D eigenvalue weighted by Gasteiger charge is 2.52. The van der Waals surface area contributed by atoms with Crippen LogP contribution in [-0.4, -0.2) is 0 Å². The summed E-state index contributed by atoms with van der Waals surface area (Å²) in [5, 5.41) is 2.57. The van der Waals surface area contributed by atoms with E-state index in [4.69, 9.17) is 0 Å². The molecule has 0 amide bonds. The van der Waals surface area contributed by atoms with E-state index >= 15 is 0 Å². The van der Waals surface area contributed by atoms with E-state index in [-0.39, 0.29) is 11.3 Å². The van der Waals surface area contributed by atoms with E-state index in [9.17, 15) is 0 Å². The van der Waals surface area contributed by atoms with Gasteiger partial charge in [-0.3, -0.25) is 0 Å². The number of benzene rings is 10. The maximum atomic E-state index is 2.54. The van der Waals surface area contributed by atoms with Crippen LogP contribution in [0.25, 0.3) is 77.5 Å². The molecule has 0 saturated heterocycles. The molecule has 10 aromatic carbocycles. The van der Waals surface area contributed by atoms with E-state index in [0.29, 0.717) is 0 Å². The van der Waals surface area contributed by atoms with E-state index in [1.807, 2.05) is 0 Å². The van der Waals surface area contributed by atoms with Gasteiger partial charge in [0.2, 0.25) is 0 Å². The quantitative estimate of drug-likeness (QED) is 0.167. The lowest BCUT2D eigenvalue weighted by Crippen LogP contribution is -2.25. The number of hydrogen-bond donors (Lipinski definition) is 0. The van der Waals surface area contributed by atoms with Crippen molar-refractivity contribution in [2.45, 2.75) is 30.6 Å². The monoisotopic (exact) mass is 798 g/mol. The van der Waals surface area contributed by atoms with Crippen molar-refractivity contribution >= 4 is 10.8 Å². The molecule has 294 valence electrons. The van der Waals surface area contributed by atoms with E-state index in [1.54, 1.807) is 0 Å². The van der Waals surface area contributed by atoms with Crippen LogP contribution in [0, 0.1) is 0 Å². The van der Waals surface area contributed by atoms with Gasteiger partial charge in [-0.05, 0) is 152 Å². The Labute approximate surface area is 368 Å². The van der Waals surface area contributed by atoms with E-state index < -0.39 is 5.41 Å². The predicted octanol–water partition coefficient (Wildman–Crippen LogP) is 16.0. The van der Waals surface area contributed by atoms with Crippen molar-refractivity contribution < 1.29 is 0 Å². The summed E-state index contributed by atoms with van der Waals surface area (Å²) >= 11 is 0. The van der Waals surface area contributed by atoms with Crippen molar-refractivity contribution in [1.82, 2.24) is 0 Å². The predicted molar refractivity (Wildman–Crippen MR) is 262 cm³/mol. The first-order valence-electron chi connectivity index (χ1n) is 22.4. The molecular weight excluding hydrogens is 757 g/mol. The maximum Gasteiger partial charge on any atom is 0.0725 e. The number of hydrogen-bond acceptors (Lipinski definition) is 0. The molecular formula is C63H42. The maximum absolute atomic E-state index is 2.54. The van der Waals surface area contributed by atoms with Gasteiger partial charge in [-0.1, -0.05) is 202 Å². The van der Waals surface area contributed by atoms with E-state index in [0.717, 1.165) is 0 Å². The Hall–Kier alpha value is -7.54. The Balaban J connectivity index is 0.905. The zero-order chi connectivity index (χ0) is 41.6. The van der Waals surface area contributed by atoms with Crippen LogP contribution in [0.5, 0.6) is 0 Å². The lowest BCUT2D eigenvalue weighted by molar-refractivity contribution is 0.659. The Morgan fingerprint density at radius 3 is 1.71 bits per heavy atom. The van der Waals surface area contributed by atoms with Crippen molar-refractivity contribution in [2.24, 2.45) is 0 Å². The van der Waals surface area contributed by atoms with Crippen LogP contribution in [0.4, 0.5) is 0 Å². The third kappa shape index (κ3) is 4.55. The summed E-state index contributed by atoms with van der Waals surface area (Å²) in [4.78, 5) is 0. The van der Waals surface area contributed by atoms with Crippen LogP contribution < -0.4 is 0 Å². The van der Waals surface area contributed by atoms with Gasteiger partial charge in [0.25, 0.3) is 0 Å². The van der Waals surface area contributed by atoms with Gasteiger partial charge in [0.15, 0.2) is 0 Å². The highest BCUT2D eigenvalue weighted by atomic mass is 14.5. The van der Waals surface area contributed by atoms with Crippen molar-refractivity contribution in [3.8, 4) is 66.8 Å². The van der Waals surface area contributed by atoms with E-state index in [1.165, 1.54) is 128 Å². The van der Waals surface area contributed by atoms with Crippen LogP contribution in [0.2, 0.25) is 0 Å². The molecule has 2 atom stereocenters. The summed E-state index contributed by atoms with van der Waals surface area (Å²) in [7, 11) is 0. The van der Waals surface area contributed by atoms with Gasteiger partial charge in [0, 0.05) is 11.3 Å². The molecule has 4 aliphatic carbocycles. The Bertz CT molecular complexity index is 3600. The Kier molecular flexibility index (Phi) is 6.98. The summed E-state index contributed by atoms with van der Waals surface area (Å²) in [6.07, 6.45) is 0. The molecule has 14 rings (SSSR count). The largest absolute Gasteiger partial charge is 0.0725 e. The lowest BCUT2D eigenvalue weighted by Gasteiger charge is -2.30. The summed E-state index contributed by atoms with van der Waals surface area (Å²) < 4.78 is 0. The SMILES string of the molecule is CC1(C)c2cc(-c3cccc4c3-c3ccccc3C43c4ccccc4-c4cc5ccccc5cc43)ccc2-c2ccc(C3c4ccccc4-c4cc(-c5ccccc5)ccc43)cc21. The van der Waals surface area contributed by atoms with E-state index in [2.05, 4.69) is 226 Å². The first kappa shape index (κ1) is 35.1. The Morgan fingerprint density at radius 1 is 0.302 bits per heavy atom. The van der Waals surface area contributed by atoms with Gasteiger partial charge < -0.3 is 0 Å². The topological polar surface area (TPSA) is 0 Å². The minimum absolute atomic E-state index is 0.184. The summed E-state index contributed by atoms with van der Waals surface area (Å²) in [6.45, 7) is 4.87. The molecule has 0 radical (unpaired) electrons. The molecule has 0 bridgehead atoms. The smallest absolute Gasteiger partial charge is 0.0622 e. The highest BCUT2D eigenvalue weighted by Crippen LogP contribution is 2.65. The van der Waals surface area contributed by atoms with Gasteiger partial charge >= 0.3 is 0 Å². The zero-order valence-electron chi connectivity index (χ0n) is 35.3. The minimum Gasteiger partial charge on any atom is -0.0622 e. The first-order chi connectivity index (χ1) is 31.0. The Morgan fingerprint density at radius 2 is 0.889 bits per heavy atom. The zero-order valence-corrected chi connectivity index (χ0v) is 35.3. The van der Waals surface area contributed by atoms with Crippen molar-refractivity contribution in [2.75, 3.05) is 0 Å². The molecule has 1 spiro atoms. The molecule has 4 aliphatic rings. The first-order valence-corrected chi connectivity index (χ1v) is 22.4. The summed E-state index contributed by atoms with van der Waals surface area (Å²) in [5.74, 6) is 0.185. The second kappa shape index (κ2) is 12.5. The second-order valence-corrected chi connectivity index (χ2v) is 18.7. The molecule has 0 saturated carbocycles. The highest BCUT2D eigenvalue weighted by molar-refractivity contribution is 6.03. The summed E-state index contributed by atoms with van der Waals surface area (Å²) in [6, 6.07) is 80.8. The van der Waals surface area contributed by atoms with Crippen molar-refractivity contribution in [3.63, 3.8) is 0 Å². The standard InChI is InChI=1S/C63H42/c1-62(2)57-36-42(28-30-47(57)48-31-29-43(37-58(48)62)60-49-21-9-8-19-45(49)52-33-41(27-32-50(52)60)38-15-4-3-5-16-38)44-23-14-26-56-61(44)51-22-11-13-25-55(51)63(56)54-24-12-10-20-46(54)53-34-39-17-6-7-18-40(39)35-59(53)63/h3-37,60H,1-2H3. The third-order valence-electron chi connectivity index (χ3n) is 15.4. The average Bonchev–Trinajstić information content (AvgIpc) is 4.00. The van der Waals surface area contributed by atoms with Gasteiger partial charge in [-0.15, -0.1) is 0 Å². The van der Waals surface area contributed by atoms with Crippen LogP contribution in [-0.2, 0) is 10.8 Å². The average molecular weight is 799 g/mol. The number of fused-ring (bicyclic) bond motifs is 17. The van der Waals surface area contributed by atoms with Crippen LogP contribution in [0.3, 0.4) is 0 Å². The second-order valence-electron chi connectivity index (χ2n) is 18.7. The third-order valence-corrected chi connectivity index (χ3v) is 15.4. The summed E-state index contributed by atoms with van der Waals surface area (Å²) in [5.41, 5.74) is 27.7. The van der Waals surface area contributed by atoms with Crippen LogP contribution in [0.1, 0.15) is 69.8 Å². The van der Waals surface area contributed by atoms with Gasteiger partial charge in [0.05, 0.1) is 5.41 Å². The molecule has 0 N–H and O–H groups in total. The molecule has 2 unspecified atom stereocenters. The van der Waals surface area contributed by atoms with Crippen molar-refractivity contribution in [3.05, 3.63) is 262 Å². The van der Waals surface area contributed by atoms with Crippen LogP contribution >= 0.6 is 0 Å². The minimum atomic E-state index is -0.402. The molecule has 0 fully saturated rings. The van der Waals surface area contributed by atoms with Crippen LogP contribution in [0.15, 0.2) is 212 Å². The van der Waals surface area contributed by atoms with Gasteiger partial charge in [-0.2, -0.15) is 0 Å². The fourth-order valence-corrected chi connectivity index (χ4v) is 12.6. The van der Waals surface area contributed by atoms with Gasteiger partial charge in [0.1, 0.15) is 0 Å².